The van der Waals surface area contributed by atoms with Crippen molar-refractivity contribution >= 4 is 43.6 Å². The van der Waals surface area contributed by atoms with Crippen molar-refractivity contribution in [2.75, 3.05) is 0 Å². The number of aromatic hydroxyl groups is 1. The second kappa shape index (κ2) is 6.65. The number of fused-ring (bicyclic) bond motifs is 2. The minimum Gasteiger partial charge on any atom is -0.545 e. The summed E-state index contributed by atoms with van der Waals surface area (Å²) in [4.78, 5) is 23.8. The van der Waals surface area contributed by atoms with Crippen LogP contribution in [0.25, 0.3) is 0 Å². The number of hydrogen-bond acceptors (Lipinski definition) is 5. The van der Waals surface area contributed by atoms with Crippen LogP contribution in [0.5, 0.6) is 11.5 Å². The first-order valence-electron chi connectivity index (χ1n) is 8.01. The van der Waals surface area contributed by atoms with Gasteiger partial charge in [-0.05, 0) is 49.6 Å². The summed E-state index contributed by atoms with van der Waals surface area (Å²) in [6.07, 6.45) is 3.15. The summed E-state index contributed by atoms with van der Waals surface area (Å²) in [7, 11) is 0. The molecular formula is C20H11Br2O5-. The Labute approximate surface area is 171 Å². The van der Waals surface area contributed by atoms with Gasteiger partial charge < -0.3 is 19.7 Å². The van der Waals surface area contributed by atoms with E-state index in [1.165, 1.54) is 18.2 Å². The maximum absolute atomic E-state index is 12.1. The minimum atomic E-state index is -1.28. The molecule has 5 nitrogen and oxygen atoms in total. The van der Waals surface area contributed by atoms with Crippen LogP contribution >= 0.6 is 31.9 Å². The minimum absolute atomic E-state index is 0.0199. The number of carboxylic acids is 1. The third kappa shape index (κ3) is 2.82. The molecule has 0 spiro atoms. The van der Waals surface area contributed by atoms with Crippen LogP contribution in [0.4, 0.5) is 0 Å². The Morgan fingerprint density at radius 2 is 1.85 bits per heavy atom. The summed E-state index contributed by atoms with van der Waals surface area (Å²) < 4.78 is 6.58. The number of phenolic OH excluding ortho intramolecular Hbond substituents is 1. The molecule has 2 atom stereocenters. The Morgan fingerprint density at radius 3 is 2.59 bits per heavy atom. The number of rotatable bonds is 2. The van der Waals surface area contributed by atoms with E-state index in [0.29, 0.717) is 27.1 Å². The molecule has 2 aliphatic rings. The third-order valence-electron chi connectivity index (χ3n) is 4.72. The topological polar surface area (TPSA) is 86.7 Å². The normalized spacial score (nSPS) is 20.7. The van der Waals surface area contributed by atoms with Gasteiger partial charge in [-0.15, -0.1) is 0 Å². The van der Waals surface area contributed by atoms with Gasteiger partial charge in [0.25, 0.3) is 0 Å². The largest absolute Gasteiger partial charge is 0.545 e. The first-order chi connectivity index (χ1) is 12.9. The van der Waals surface area contributed by atoms with Crippen LogP contribution in [0.3, 0.4) is 0 Å². The number of carbonyl (C=O) groups excluding carboxylic acids is 2. The van der Waals surface area contributed by atoms with Crippen LogP contribution in [0.2, 0.25) is 0 Å². The first-order valence-corrected chi connectivity index (χ1v) is 9.60. The Bertz CT molecular complexity index is 1050. The number of allylic oxidation sites excluding steroid dienone is 3. The van der Waals surface area contributed by atoms with E-state index >= 15 is 0 Å². The third-order valence-corrected chi connectivity index (χ3v) is 6.27. The molecule has 1 aliphatic heterocycles. The standard InChI is InChI=1S/C20H12Br2O5/c21-16-13(23)7-5-11-15(9-3-1-2-4-10(9)20(25)26)12-6-8-14(24)17(22)19(12)27-18(11)16/h1-8,11,15,24H,(H,25,26)/p-1/t11-,15-/m1/s1. The fourth-order valence-electron chi connectivity index (χ4n) is 3.52. The van der Waals surface area contributed by atoms with Gasteiger partial charge in [0.1, 0.15) is 26.2 Å². The zero-order valence-electron chi connectivity index (χ0n) is 13.6. The Kier molecular flexibility index (Phi) is 4.44. The van der Waals surface area contributed by atoms with Crippen LogP contribution in [0, 0.1) is 5.92 Å². The molecule has 1 N–H and O–H groups in total. The number of ether oxygens (including phenoxy) is 1. The van der Waals surface area contributed by atoms with Crippen molar-refractivity contribution in [2.45, 2.75) is 5.92 Å². The summed E-state index contributed by atoms with van der Waals surface area (Å²) in [5, 5.41) is 21.7. The van der Waals surface area contributed by atoms with E-state index in [9.17, 15) is 19.8 Å². The lowest BCUT2D eigenvalue weighted by atomic mass is 9.74. The smallest absolute Gasteiger partial charge is 0.195 e. The molecule has 7 heteroatoms. The second-order valence-corrected chi connectivity index (χ2v) is 7.78. The molecule has 0 fully saturated rings. The molecule has 0 aromatic heterocycles. The van der Waals surface area contributed by atoms with Crippen molar-refractivity contribution in [1.82, 2.24) is 0 Å². The van der Waals surface area contributed by atoms with Crippen LogP contribution in [0.15, 0.2) is 63.3 Å². The lowest BCUT2D eigenvalue weighted by Gasteiger charge is -2.37. The molecule has 1 heterocycles. The Hall–Kier alpha value is -2.38. The lowest BCUT2D eigenvalue weighted by Crippen LogP contribution is -2.31. The van der Waals surface area contributed by atoms with Gasteiger partial charge in [0.2, 0.25) is 0 Å². The molecule has 1 aliphatic carbocycles. The maximum atomic E-state index is 12.1. The Morgan fingerprint density at radius 1 is 1.11 bits per heavy atom. The van der Waals surface area contributed by atoms with Crippen molar-refractivity contribution in [1.29, 1.82) is 0 Å². The molecule has 0 unspecified atom stereocenters. The van der Waals surface area contributed by atoms with Crippen molar-refractivity contribution in [3.8, 4) is 11.5 Å². The number of benzene rings is 2. The van der Waals surface area contributed by atoms with E-state index in [2.05, 4.69) is 31.9 Å². The summed E-state index contributed by atoms with van der Waals surface area (Å²) in [6, 6.07) is 9.81. The molecular weight excluding hydrogens is 480 g/mol. The molecule has 0 saturated heterocycles. The van der Waals surface area contributed by atoms with Crippen LogP contribution < -0.4 is 9.84 Å². The average molecular weight is 491 g/mol. The molecule has 0 saturated carbocycles. The van der Waals surface area contributed by atoms with Crippen LogP contribution in [0.1, 0.15) is 27.4 Å². The van der Waals surface area contributed by atoms with Gasteiger partial charge in [0.05, 0.1) is 5.97 Å². The van der Waals surface area contributed by atoms with Crippen molar-refractivity contribution in [3.05, 3.63) is 80.0 Å². The molecule has 0 amide bonds. The monoisotopic (exact) mass is 489 g/mol. The quantitative estimate of drug-likeness (QED) is 0.697. The number of ketones is 1. The molecule has 2 aromatic carbocycles. The number of carbonyl (C=O) groups is 2. The molecule has 0 bridgehead atoms. The van der Waals surface area contributed by atoms with E-state index in [1.54, 1.807) is 30.3 Å². The zero-order chi connectivity index (χ0) is 19.3. The maximum Gasteiger partial charge on any atom is 0.195 e. The summed E-state index contributed by atoms with van der Waals surface area (Å²) in [5.41, 5.74) is 1.31. The lowest BCUT2D eigenvalue weighted by molar-refractivity contribution is -0.255. The number of aromatic carboxylic acids is 1. The highest BCUT2D eigenvalue weighted by Gasteiger charge is 2.40. The predicted molar refractivity (Wildman–Crippen MR) is 103 cm³/mol. The van der Waals surface area contributed by atoms with Crippen LogP contribution in [-0.4, -0.2) is 16.9 Å². The molecule has 4 rings (SSSR count). The number of carboxylic acid groups (broad SMARTS) is 1. The number of halogens is 2. The highest BCUT2D eigenvalue weighted by Crippen LogP contribution is 2.53. The summed E-state index contributed by atoms with van der Waals surface area (Å²) in [5.74, 6) is -1.65. The van der Waals surface area contributed by atoms with E-state index in [1.807, 2.05) is 0 Å². The first kappa shape index (κ1) is 18.0. The van der Waals surface area contributed by atoms with Gasteiger partial charge in [-0.1, -0.05) is 36.4 Å². The average Bonchev–Trinajstić information content (AvgIpc) is 2.66. The fraction of sp³-hybridized carbons (Fsp3) is 0.100. The molecule has 0 radical (unpaired) electrons. The van der Waals surface area contributed by atoms with Gasteiger partial charge in [-0.2, -0.15) is 0 Å². The zero-order valence-corrected chi connectivity index (χ0v) is 16.8. The van der Waals surface area contributed by atoms with Crippen molar-refractivity contribution < 1.29 is 24.5 Å². The highest BCUT2D eigenvalue weighted by molar-refractivity contribution is 9.12. The predicted octanol–water partition coefficient (Wildman–Crippen LogP) is 3.40. The van der Waals surface area contributed by atoms with Crippen LogP contribution in [-0.2, 0) is 4.79 Å². The van der Waals surface area contributed by atoms with E-state index in [4.69, 9.17) is 4.74 Å². The molecule has 2 aromatic rings. The summed E-state index contributed by atoms with van der Waals surface area (Å²) in [6.45, 7) is 0. The van der Waals surface area contributed by atoms with E-state index < -0.39 is 11.9 Å². The van der Waals surface area contributed by atoms with E-state index in [0.717, 1.165) is 0 Å². The van der Waals surface area contributed by atoms with Gasteiger partial charge in [0, 0.05) is 23.0 Å². The second-order valence-electron chi connectivity index (χ2n) is 6.20. The highest BCUT2D eigenvalue weighted by atomic mass is 79.9. The number of phenols is 1. The van der Waals surface area contributed by atoms with Crippen molar-refractivity contribution in [3.63, 3.8) is 0 Å². The van der Waals surface area contributed by atoms with Gasteiger partial charge in [-0.25, -0.2) is 0 Å². The fourth-order valence-corrected chi connectivity index (χ4v) is 4.44. The van der Waals surface area contributed by atoms with Gasteiger partial charge >= 0.3 is 0 Å². The van der Waals surface area contributed by atoms with Crippen molar-refractivity contribution in [2.24, 2.45) is 5.92 Å². The summed E-state index contributed by atoms with van der Waals surface area (Å²) >= 11 is 6.61. The Balaban J connectivity index is 2.03. The molecule has 136 valence electrons. The number of hydrogen-bond donors (Lipinski definition) is 1. The van der Waals surface area contributed by atoms with Gasteiger partial charge in [-0.3, -0.25) is 4.79 Å². The SMILES string of the molecule is O=C1C=C[C@H]2C(=C1Br)Oc1c(ccc(O)c1Br)[C@@H]2c1ccccc1C(=O)[O-]. The molecule has 27 heavy (non-hydrogen) atoms. The van der Waals surface area contributed by atoms with E-state index in [-0.39, 0.29) is 27.5 Å². The van der Waals surface area contributed by atoms with Gasteiger partial charge in [0.15, 0.2) is 5.78 Å².